The van der Waals surface area contributed by atoms with E-state index < -0.39 is 5.97 Å². The minimum atomic E-state index is -1.09. The third-order valence-electron chi connectivity index (χ3n) is 2.64. The van der Waals surface area contributed by atoms with Gasteiger partial charge in [-0.2, -0.15) is 0 Å². The van der Waals surface area contributed by atoms with E-state index in [1.54, 1.807) is 20.8 Å². The average Bonchev–Trinajstić information content (AvgIpc) is 2.51. The van der Waals surface area contributed by atoms with E-state index in [0.717, 1.165) is 0 Å². The zero-order valence-electron chi connectivity index (χ0n) is 9.16. The van der Waals surface area contributed by atoms with Gasteiger partial charge in [0.25, 0.3) is 5.56 Å². The van der Waals surface area contributed by atoms with Crippen molar-refractivity contribution in [3.05, 3.63) is 32.9 Å². The molecule has 0 saturated carbocycles. The Labute approximate surface area is 90.5 Å². The van der Waals surface area contributed by atoms with Crippen molar-refractivity contribution in [1.29, 1.82) is 0 Å². The van der Waals surface area contributed by atoms with Crippen molar-refractivity contribution in [3.8, 4) is 0 Å². The predicted octanol–water partition coefficient (Wildman–Crippen LogP) is 0.646. The Bertz CT molecular complexity index is 651. The number of H-pyrrole nitrogens is 1. The molecule has 0 bridgehead atoms. The number of carboxylic acids is 1. The van der Waals surface area contributed by atoms with Gasteiger partial charge in [0, 0.05) is 17.0 Å². The highest BCUT2D eigenvalue weighted by Gasteiger charge is 2.18. The van der Waals surface area contributed by atoms with Crippen molar-refractivity contribution in [3.63, 3.8) is 0 Å². The van der Waals surface area contributed by atoms with Crippen LogP contribution in [-0.4, -0.2) is 25.7 Å². The lowest BCUT2D eigenvalue weighted by Crippen LogP contribution is -2.19. The van der Waals surface area contributed by atoms with Gasteiger partial charge in [-0.15, -0.1) is 0 Å². The van der Waals surface area contributed by atoms with Crippen molar-refractivity contribution < 1.29 is 9.90 Å². The Morgan fingerprint density at radius 2 is 2.00 bits per heavy atom. The zero-order chi connectivity index (χ0) is 12.0. The lowest BCUT2D eigenvalue weighted by molar-refractivity contribution is 0.0698. The normalized spacial score (nSPS) is 10.9. The molecule has 6 nitrogen and oxygen atoms in total. The van der Waals surface area contributed by atoms with Crippen LogP contribution < -0.4 is 5.56 Å². The van der Waals surface area contributed by atoms with E-state index in [4.69, 9.17) is 5.11 Å². The summed E-state index contributed by atoms with van der Waals surface area (Å²) in [5.41, 5.74) is 1.42. The molecule has 16 heavy (non-hydrogen) atoms. The molecule has 0 aliphatic heterocycles. The topological polar surface area (TPSA) is 87.5 Å². The average molecular weight is 221 g/mol. The number of carbonyl (C=O) groups is 1. The lowest BCUT2D eigenvalue weighted by atomic mass is 10.2. The molecule has 0 amide bonds. The maximum atomic E-state index is 11.8. The van der Waals surface area contributed by atoms with Gasteiger partial charge in [-0.1, -0.05) is 0 Å². The molecular formula is C10H11N3O3. The molecule has 2 rings (SSSR count). The van der Waals surface area contributed by atoms with Gasteiger partial charge in [-0.25, -0.2) is 14.3 Å². The van der Waals surface area contributed by atoms with E-state index in [1.165, 1.54) is 4.52 Å². The van der Waals surface area contributed by atoms with Crippen LogP contribution in [0.4, 0.5) is 0 Å². The van der Waals surface area contributed by atoms with Gasteiger partial charge in [0.05, 0.1) is 0 Å². The van der Waals surface area contributed by atoms with Crippen LogP contribution in [0.3, 0.4) is 0 Å². The fourth-order valence-corrected chi connectivity index (χ4v) is 1.63. The molecule has 0 atom stereocenters. The molecule has 6 heteroatoms. The number of fused-ring (bicyclic) bond motifs is 1. The Hall–Kier alpha value is -2.11. The van der Waals surface area contributed by atoms with Crippen LogP contribution in [0.2, 0.25) is 0 Å². The van der Waals surface area contributed by atoms with Crippen LogP contribution >= 0.6 is 0 Å². The highest BCUT2D eigenvalue weighted by molar-refractivity contribution is 5.95. The SMILES string of the molecule is Cc1nc2c(C(=O)O)c(C)[nH]n2c(=O)c1C. The molecule has 0 spiro atoms. The van der Waals surface area contributed by atoms with Gasteiger partial charge in [-0.05, 0) is 20.8 Å². The van der Waals surface area contributed by atoms with E-state index >= 15 is 0 Å². The van der Waals surface area contributed by atoms with E-state index in [-0.39, 0.29) is 16.8 Å². The summed E-state index contributed by atoms with van der Waals surface area (Å²) in [6, 6.07) is 0. The summed E-state index contributed by atoms with van der Waals surface area (Å²) in [7, 11) is 0. The first-order valence-electron chi connectivity index (χ1n) is 4.75. The maximum absolute atomic E-state index is 11.8. The number of hydrogen-bond donors (Lipinski definition) is 2. The van der Waals surface area contributed by atoms with E-state index in [0.29, 0.717) is 17.0 Å². The largest absolute Gasteiger partial charge is 0.477 e. The molecule has 0 radical (unpaired) electrons. The van der Waals surface area contributed by atoms with Crippen LogP contribution in [-0.2, 0) is 0 Å². The molecule has 0 aliphatic rings. The second kappa shape index (κ2) is 3.19. The molecule has 2 N–H and O–H groups in total. The van der Waals surface area contributed by atoms with E-state index in [9.17, 15) is 9.59 Å². The number of aromatic carboxylic acids is 1. The number of aryl methyl sites for hydroxylation is 2. The van der Waals surface area contributed by atoms with Crippen LogP contribution in [0.15, 0.2) is 4.79 Å². The number of carboxylic acid groups (broad SMARTS) is 1. The monoisotopic (exact) mass is 221 g/mol. The first-order valence-corrected chi connectivity index (χ1v) is 4.75. The fraction of sp³-hybridized carbons (Fsp3) is 0.300. The number of aromatic amines is 1. The van der Waals surface area contributed by atoms with Gasteiger partial charge in [0.15, 0.2) is 5.65 Å². The maximum Gasteiger partial charge on any atom is 0.341 e. The Kier molecular flexibility index (Phi) is 2.08. The minimum absolute atomic E-state index is 0.0419. The molecule has 2 heterocycles. The number of rotatable bonds is 1. The summed E-state index contributed by atoms with van der Waals surface area (Å²) in [4.78, 5) is 27.0. The summed E-state index contributed by atoms with van der Waals surface area (Å²) < 4.78 is 1.17. The standard InChI is InChI=1S/C10H11N3O3/c1-4-5(2)11-8-7(10(15)16)6(3)12-13(8)9(4)14/h12H,1-3H3,(H,15,16). The summed E-state index contributed by atoms with van der Waals surface area (Å²) in [5.74, 6) is -1.09. The van der Waals surface area contributed by atoms with Gasteiger partial charge >= 0.3 is 5.97 Å². The lowest BCUT2D eigenvalue weighted by Gasteiger charge is -1.99. The minimum Gasteiger partial charge on any atom is -0.477 e. The summed E-state index contributed by atoms with van der Waals surface area (Å²) in [6.45, 7) is 4.95. The molecule has 2 aromatic heterocycles. The third kappa shape index (κ3) is 1.23. The Morgan fingerprint density at radius 3 is 2.56 bits per heavy atom. The quantitative estimate of drug-likeness (QED) is 0.739. The Morgan fingerprint density at radius 1 is 1.38 bits per heavy atom. The van der Waals surface area contributed by atoms with Gasteiger partial charge < -0.3 is 5.11 Å². The van der Waals surface area contributed by atoms with Crippen LogP contribution in [0.5, 0.6) is 0 Å². The summed E-state index contributed by atoms with van der Waals surface area (Å²) in [5, 5.41) is 11.7. The van der Waals surface area contributed by atoms with Crippen molar-refractivity contribution >= 4 is 11.6 Å². The molecule has 0 saturated heterocycles. The molecular weight excluding hydrogens is 210 g/mol. The summed E-state index contributed by atoms with van der Waals surface area (Å²) in [6.07, 6.45) is 0. The number of hydrogen-bond acceptors (Lipinski definition) is 3. The van der Waals surface area contributed by atoms with Crippen molar-refractivity contribution in [2.24, 2.45) is 0 Å². The third-order valence-corrected chi connectivity index (χ3v) is 2.64. The molecule has 0 unspecified atom stereocenters. The van der Waals surface area contributed by atoms with Crippen LogP contribution in [0, 0.1) is 20.8 Å². The van der Waals surface area contributed by atoms with Crippen molar-refractivity contribution in [2.45, 2.75) is 20.8 Å². The highest BCUT2D eigenvalue weighted by Crippen LogP contribution is 2.12. The number of nitrogens with zero attached hydrogens (tertiary/aromatic N) is 2. The first kappa shape index (κ1) is 10.4. The van der Waals surface area contributed by atoms with Gasteiger partial charge in [0.1, 0.15) is 5.56 Å². The second-order valence-electron chi connectivity index (χ2n) is 3.70. The smallest absolute Gasteiger partial charge is 0.341 e. The summed E-state index contributed by atoms with van der Waals surface area (Å²) >= 11 is 0. The van der Waals surface area contributed by atoms with Crippen molar-refractivity contribution in [2.75, 3.05) is 0 Å². The second-order valence-corrected chi connectivity index (χ2v) is 3.70. The molecule has 0 aliphatic carbocycles. The molecule has 0 fully saturated rings. The van der Waals surface area contributed by atoms with E-state index in [1.807, 2.05) is 0 Å². The predicted molar refractivity (Wildman–Crippen MR) is 57.0 cm³/mol. The Balaban J connectivity index is 3.03. The van der Waals surface area contributed by atoms with Gasteiger partial charge in [-0.3, -0.25) is 9.89 Å². The first-order chi connectivity index (χ1) is 7.43. The van der Waals surface area contributed by atoms with E-state index in [2.05, 4.69) is 10.1 Å². The fourth-order valence-electron chi connectivity index (χ4n) is 1.63. The number of aromatic nitrogens is 3. The zero-order valence-corrected chi connectivity index (χ0v) is 9.16. The highest BCUT2D eigenvalue weighted by atomic mass is 16.4. The molecule has 0 aromatic carbocycles. The molecule has 84 valence electrons. The van der Waals surface area contributed by atoms with Crippen molar-refractivity contribution in [1.82, 2.24) is 14.6 Å². The van der Waals surface area contributed by atoms with Crippen LogP contribution in [0.25, 0.3) is 5.65 Å². The molecule has 2 aromatic rings. The van der Waals surface area contributed by atoms with Gasteiger partial charge in [0.2, 0.25) is 0 Å². The number of nitrogens with one attached hydrogen (secondary N) is 1. The van der Waals surface area contributed by atoms with Crippen LogP contribution in [0.1, 0.15) is 27.3 Å².